The number of hydrogen-bond donors (Lipinski definition) is 0. The molecule has 4 rings (SSSR count). The molecular weight excluding hydrogens is 320 g/mol. The summed E-state index contributed by atoms with van der Waals surface area (Å²) in [5.74, 6) is 2.10. The van der Waals surface area contributed by atoms with Gasteiger partial charge in [-0.05, 0) is 44.9 Å². The van der Waals surface area contributed by atoms with Gasteiger partial charge in [-0.25, -0.2) is 0 Å². The van der Waals surface area contributed by atoms with Gasteiger partial charge in [-0.15, -0.1) is 0 Å². The van der Waals surface area contributed by atoms with Crippen molar-refractivity contribution in [2.24, 2.45) is 0 Å². The Morgan fingerprint density at radius 3 is 3.00 bits per heavy atom. The maximum atomic E-state index is 13.1. The first-order valence-electron chi connectivity index (χ1n) is 8.70. The van der Waals surface area contributed by atoms with Crippen LogP contribution >= 0.6 is 0 Å². The number of ether oxygens (including phenoxy) is 2. The number of amides is 1. The summed E-state index contributed by atoms with van der Waals surface area (Å²) in [6, 6.07) is 5.56. The Balaban J connectivity index is 1.58. The lowest BCUT2D eigenvalue weighted by Gasteiger charge is -2.32. The molecule has 2 aliphatic heterocycles. The Morgan fingerprint density at radius 1 is 1.40 bits per heavy atom. The normalized spacial score (nSPS) is 25.7. The number of carbonyl (C=O) groups excluding carboxylic acids is 1. The highest BCUT2D eigenvalue weighted by atomic mass is 16.5. The molecule has 0 saturated carbocycles. The summed E-state index contributed by atoms with van der Waals surface area (Å²) in [7, 11) is 0. The maximum Gasteiger partial charge on any atom is 0.257 e. The van der Waals surface area contributed by atoms with E-state index in [4.69, 9.17) is 13.9 Å². The third kappa shape index (κ3) is 3.02. The fraction of sp³-hybridized carbons (Fsp3) is 0.474. The average Bonchev–Trinajstić information content (AvgIpc) is 3.15. The second-order valence-electron chi connectivity index (χ2n) is 6.67. The van der Waals surface area contributed by atoms with E-state index in [-0.39, 0.29) is 24.2 Å². The smallest absolute Gasteiger partial charge is 0.257 e. The first kappa shape index (κ1) is 16.1. The summed E-state index contributed by atoms with van der Waals surface area (Å²) >= 11 is 0. The van der Waals surface area contributed by atoms with Crippen molar-refractivity contribution in [2.45, 2.75) is 44.9 Å². The van der Waals surface area contributed by atoms with Crippen molar-refractivity contribution in [1.82, 2.24) is 9.88 Å². The zero-order valence-electron chi connectivity index (χ0n) is 14.5. The fourth-order valence-corrected chi connectivity index (χ4v) is 3.84. The summed E-state index contributed by atoms with van der Waals surface area (Å²) in [6.45, 7) is 4.90. The van der Waals surface area contributed by atoms with Gasteiger partial charge in [0.2, 0.25) is 0 Å². The quantitative estimate of drug-likeness (QED) is 0.858. The van der Waals surface area contributed by atoms with E-state index in [2.05, 4.69) is 4.98 Å². The van der Waals surface area contributed by atoms with Gasteiger partial charge in [-0.2, -0.15) is 0 Å². The molecular formula is C19H22N2O4. The average molecular weight is 342 g/mol. The number of fused-ring (bicyclic) bond motifs is 1. The van der Waals surface area contributed by atoms with Crippen molar-refractivity contribution in [3.8, 4) is 5.75 Å². The van der Waals surface area contributed by atoms with Crippen molar-refractivity contribution in [3.05, 3.63) is 47.7 Å². The van der Waals surface area contributed by atoms with Crippen LogP contribution in [0.3, 0.4) is 0 Å². The van der Waals surface area contributed by atoms with E-state index in [0.717, 1.165) is 18.6 Å². The first-order valence-corrected chi connectivity index (χ1v) is 8.70. The molecule has 2 aliphatic rings. The Bertz CT molecular complexity index is 758. The lowest BCUT2D eigenvalue weighted by Crippen LogP contribution is -2.44. The highest BCUT2D eigenvalue weighted by Crippen LogP contribution is 2.33. The summed E-state index contributed by atoms with van der Waals surface area (Å²) in [5, 5.41) is 0. The zero-order valence-corrected chi connectivity index (χ0v) is 14.5. The first-order chi connectivity index (χ1) is 12.1. The Hall–Kier alpha value is -2.34. The minimum Gasteiger partial charge on any atom is -0.484 e. The Kier molecular flexibility index (Phi) is 4.21. The summed E-state index contributed by atoms with van der Waals surface area (Å²) in [5.41, 5.74) is 0.629. The van der Waals surface area contributed by atoms with Gasteiger partial charge in [0.25, 0.3) is 5.91 Å². The second-order valence-corrected chi connectivity index (χ2v) is 6.67. The molecule has 3 atom stereocenters. The predicted molar refractivity (Wildman–Crippen MR) is 90.6 cm³/mol. The predicted octanol–water partition coefficient (Wildman–Crippen LogP) is 2.74. The van der Waals surface area contributed by atoms with Crippen LogP contribution in [0, 0.1) is 13.8 Å². The van der Waals surface area contributed by atoms with Crippen LogP contribution in [0.2, 0.25) is 0 Å². The molecule has 0 spiro atoms. The van der Waals surface area contributed by atoms with Crippen LogP contribution < -0.4 is 4.74 Å². The van der Waals surface area contributed by atoms with Crippen LogP contribution in [0.4, 0.5) is 0 Å². The number of pyridine rings is 1. The molecule has 6 heteroatoms. The van der Waals surface area contributed by atoms with Crippen LogP contribution in [-0.4, -0.2) is 47.2 Å². The lowest BCUT2D eigenvalue weighted by atomic mass is 10.0. The van der Waals surface area contributed by atoms with E-state index in [9.17, 15) is 4.79 Å². The molecule has 2 fully saturated rings. The molecule has 2 aromatic rings. The highest BCUT2D eigenvalue weighted by molar-refractivity contribution is 5.95. The van der Waals surface area contributed by atoms with Gasteiger partial charge in [-0.3, -0.25) is 9.78 Å². The molecule has 0 radical (unpaired) electrons. The van der Waals surface area contributed by atoms with Crippen molar-refractivity contribution < 1.29 is 18.7 Å². The number of aromatic nitrogens is 1. The summed E-state index contributed by atoms with van der Waals surface area (Å²) in [6.07, 6.45) is 4.98. The number of hydrogen-bond acceptors (Lipinski definition) is 5. The minimum atomic E-state index is -0.188. The van der Waals surface area contributed by atoms with Crippen molar-refractivity contribution in [2.75, 3.05) is 13.2 Å². The van der Waals surface area contributed by atoms with Gasteiger partial charge in [-0.1, -0.05) is 0 Å². The second kappa shape index (κ2) is 6.52. The standard InChI is InChI=1S/C19H22N2O4/c1-12-9-15(13(2)24-12)19(22)21-11-17(18-16(21)6-4-8-23-18)25-14-5-3-7-20-10-14/h3,5,7,9-10,16-18H,4,6,8,11H2,1-2H3/t16-,17-,18+/m1/s1. The Morgan fingerprint density at radius 2 is 2.28 bits per heavy atom. The van der Waals surface area contributed by atoms with Gasteiger partial charge in [0.05, 0.1) is 24.3 Å². The van der Waals surface area contributed by atoms with Gasteiger partial charge in [0, 0.05) is 12.8 Å². The van der Waals surface area contributed by atoms with Crippen LogP contribution in [-0.2, 0) is 4.74 Å². The lowest BCUT2D eigenvalue weighted by molar-refractivity contribution is -0.0447. The molecule has 2 aromatic heterocycles. The van der Waals surface area contributed by atoms with Crippen LogP contribution in [0.15, 0.2) is 35.0 Å². The number of rotatable bonds is 3. The summed E-state index contributed by atoms with van der Waals surface area (Å²) < 4.78 is 17.6. The molecule has 6 nitrogen and oxygen atoms in total. The molecule has 0 unspecified atom stereocenters. The number of aryl methyl sites for hydroxylation is 2. The molecule has 0 bridgehead atoms. The summed E-state index contributed by atoms with van der Waals surface area (Å²) in [4.78, 5) is 19.1. The molecule has 4 heterocycles. The van der Waals surface area contributed by atoms with E-state index in [1.807, 2.05) is 36.9 Å². The SMILES string of the molecule is Cc1cc(C(=O)N2C[C@@H](Oc3cccnc3)[C@H]3OCCC[C@H]32)c(C)o1. The Labute approximate surface area is 146 Å². The van der Waals surface area contributed by atoms with Gasteiger partial charge in [0.1, 0.15) is 29.5 Å². The van der Waals surface area contributed by atoms with Crippen LogP contribution in [0.5, 0.6) is 5.75 Å². The molecule has 2 saturated heterocycles. The van der Waals surface area contributed by atoms with Crippen molar-refractivity contribution in [1.29, 1.82) is 0 Å². The van der Waals surface area contributed by atoms with Gasteiger partial charge in [0.15, 0.2) is 0 Å². The third-order valence-corrected chi connectivity index (χ3v) is 4.93. The van der Waals surface area contributed by atoms with E-state index < -0.39 is 0 Å². The maximum absolute atomic E-state index is 13.1. The van der Waals surface area contributed by atoms with Crippen LogP contribution in [0.25, 0.3) is 0 Å². The van der Waals surface area contributed by atoms with E-state index in [1.54, 1.807) is 12.4 Å². The number of carbonyl (C=O) groups is 1. The molecule has 25 heavy (non-hydrogen) atoms. The van der Waals surface area contributed by atoms with Crippen LogP contribution in [0.1, 0.15) is 34.7 Å². The zero-order chi connectivity index (χ0) is 17.4. The van der Waals surface area contributed by atoms with Crippen molar-refractivity contribution in [3.63, 3.8) is 0 Å². The number of nitrogens with zero attached hydrogens (tertiary/aromatic N) is 2. The van der Waals surface area contributed by atoms with E-state index >= 15 is 0 Å². The third-order valence-electron chi connectivity index (χ3n) is 4.93. The number of likely N-dealkylation sites (tertiary alicyclic amines) is 1. The van der Waals surface area contributed by atoms with Crippen molar-refractivity contribution >= 4 is 5.91 Å². The fourth-order valence-electron chi connectivity index (χ4n) is 3.84. The molecule has 0 N–H and O–H groups in total. The molecule has 1 amide bonds. The topological polar surface area (TPSA) is 64.8 Å². The minimum absolute atomic E-state index is 0.00728. The van der Waals surface area contributed by atoms with Gasteiger partial charge < -0.3 is 18.8 Å². The molecule has 0 aromatic carbocycles. The molecule has 132 valence electrons. The van der Waals surface area contributed by atoms with E-state index in [1.165, 1.54) is 0 Å². The molecule has 0 aliphatic carbocycles. The van der Waals surface area contributed by atoms with E-state index in [0.29, 0.717) is 30.2 Å². The van der Waals surface area contributed by atoms with Gasteiger partial charge >= 0.3 is 0 Å². The highest BCUT2D eigenvalue weighted by Gasteiger charge is 2.48. The largest absolute Gasteiger partial charge is 0.484 e. The monoisotopic (exact) mass is 342 g/mol. The number of furan rings is 1.